The second-order valence-corrected chi connectivity index (χ2v) is 4.72. The predicted octanol–water partition coefficient (Wildman–Crippen LogP) is 1.92. The van der Waals surface area contributed by atoms with Gasteiger partial charge >= 0.3 is 0 Å². The molecule has 1 heterocycles. The molecule has 3 rings (SSSR count). The minimum absolute atomic E-state index is 0.263. The number of Topliss-reactive ketones (excluding diaryl/α,β-unsaturated/α-hetero) is 1. The molecule has 1 aromatic carbocycles. The number of rotatable bonds is 0. The number of likely N-dealkylation sites (N-methyl/N-ethyl adjacent to an activating group) is 1. The topological polar surface area (TPSA) is 20.3 Å². The zero-order valence-electron chi connectivity index (χ0n) is 8.94. The molecule has 1 aromatic rings. The van der Waals surface area contributed by atoms with Gasteiger partial charge in [-0.25, -0.2) is 0 Å². The van der Waals surface area contributed by atoms with Gasteiger partial charge in [-0.3, -0.25) is 4.79 Å². The lowest BCUT2D eigenvalue weighted by atomic mass is 9.86. The molecule has 0 saturated carbocycles. The Bertz CT molecular complexity index is 413. The first kappa shape index (κ1) is 9.10. The van der Waals surface area contributed by atoms with Crippen molar-refractivity contribution >= 4 is 5.78 Å². The third kappa shape index (κ3) is 1.25. The summed E-state index contributed by atoms with van der Waals surface area (Å²) in [4.78, 5) is 14.4. The number of ketones is 1. The van der Waals surface area contributed by atoms with Crippen LogP contribution in [0.1, 0.15) is 28.3 Å². The molecule has 2 heteroatoms. The van der Waals surface area contributed by atoms with Crippen molar-refractivity contribution in [3.05, 3.63) is 35.4 Å². The van der Waals surface area contributed by atoms with Gasteiger partial charge in [-0.05, 0) is 25.6 Å². The second kappa shape index (κ2) is 3.17. The third-order valence-corrected chi connectivity index (χ3v) is 3.78. The molecule has 0 spiro atoms. The van der Waals surface area contributed by atoms with Crippen molar-refractivity contribution in [1.82, 2.24) is 4.90 Å². The number of hydrogen-bond acceptors (Lipinski definition) is 2. The Kier molecular flexibility index (Phi) is 1.93. The highest BCUT2D eigenvalue weighted by molar-refractivity contribution is 6.03. The van der Waals surface area contributed by atoms with E-state index in [9.17, 15) is 4.79 Å². The molecule has 0 aromatic heterocycles. The Hall–Kier alpha value is -1.15. The van der Waals surface area contributed by atoms with E-state index in [-0.39, 0.29) is 5.92 Å². The number of carbonyl (C=O) groups is 1. The van der Waals surface area contributed by atoms with Gasteiger partial charge < -0.3 is 4.90 Å². The van der Waals surface area contributed by atoms with Crippen LogP contribution in [0.25, 0.3) is 0 Å². The zero-order valence-corrected chi connectivity index (χ0v) is 8.94. The van der Waals surface area contributed by atoms with Crippen LogP contribution in [0.4, 0.5) is 0 Å². The van der Waals surface area contributed by atoms with Gasteiger partial charge in [0.15, 0.2) is 5.78 Å². The minimum Gasteiger partial charge on any atom is -0.306 e. The normalized spacial score (nSPS) is 30.1. The number of hydrogen-bond donors (Lipinski definition) is 0. The highest BCUT2D eigenvalue weighted by atomic mass is 16.1. The van der Waals surface area contributed by atoms with Crippen LogP contribution in [-0.4, -0.2) is 30.8 Å². The summed E-state index contributed by atoms with van der Waals surface area (Å²) in [5.41, 5.74) is 2.25. The first-order valence-electron chi connectivity index (χ1n) is 5.59. The van der Waals surface area contributed by atoms with Crippen LogP contribution in [-0.2, 0) is 0 Å². The second-order valence-electron chi connectivity index (χ2n) is 4.72. The standard InChI is InChI=1S/C13H15NO/c1-14-7-6-11-12(8-14)9-4-2-3-5-10(9)13(11)15/h2-5,11-12H,6-8H2,1H3/t11-,12+/m0/s1. The Labute approximate surface area is 89.9 Å². The quantitative estimate of drug-likeness (QED) is 0.639. The van der Waals surface area contributed by atoms with E-state index in [1.165, 1.54) is 5.56 Å². The van der Waals surface area contributed by atoms with Gasteiger partial charge in [0.25, 0.3) is 0 Å². The zero-order chi connectivity index (χ0) is 10.4. The molecule has 15 heavy (non-hydrogen) atoms. The van der Waals surface area contributed by atoms with Crippen molar-refractivity contribution in [2.75, 3.05) is 20.1 Å². The van der Waals surface area contributed by atoms with Crippen molar-refractivity contribution in [1.29, 1.82) is 0 Å². The molecule has 1 saturated heterocycles. The average molecular weight is 201 g/mol. The lowest BCUT2D eigenvalue weighted by Crippen LogP contribution is -2.36. The summed E-state index contributed by atoms with van der Waals surface area (Å²) in [5, 5.41) is 0. The molecule has 2 aliphatic rings. The van der Waals surface area contributed by atoms with Crippen LogP contribution in [0.15, 0.2) is 24.3 Å². The van der Waals surface area contributed by atoms with Crippen molar-refractivity contribution in [3.8, 4) is 0 Å². The summed E-state index contributed by atoms with van der Waals surface area (Å²) in [7, 11) is 2.14. The summed E-state index contributed by atoms with van der Waals surface area (Å²) in [5.74, 6) is 1.09. The number of carbonyl (C=O) groups excluding carboxylic acids is 1. The van der Waals surface area contributed by atoms with Crippen LogP contribution in [0, 0.1) is 5.92 Å². The maximum atomic E-state index is 12.1. The molecule has 0 unspecified atom stereocenters. The molecule has 1 aliphatic heterocycles. The van der Waals surface area contributed by atoms with Crippen molar-refractivity contribution in [2.24, 2.45) is 5.92 Å². The molecule has 0 amide bonds. The summed E-state index contributed by atoms with van der Waals surface area (Å²) in [6.45, 7) is 2.09. The van der Waals surface area contributed by atoms with Crippen LogP contribution in [0.2, 0.25) is 0 Å². The Morgan fingerprint density at radius 1 is 1.27 bits per heavy atom. The molecule has 78 valence electrons. The first-order chi connectivity index (χ1) is 7.27. The summed E-state index contributed by atoms with van der Waals surface area (Å²) >= 11 is 0. The van der Waals surface area contributed by atoms with Gasteiger partial charge in [-0.1, -0.05) is 24.3 Å². The van der Waals surface area contributed by atoms with Crippen LogP contribution < -0.4 is 0 Å². The maximum Gasteiger partial charge on any atom is 0.166 e. The Balaban J connectivity index is 2.06. The van der Waals surface area contributed by atoms with Crippen molar-refractivity contribution in [2.45, 2.75) is 12.3 Å². The molecule has 1 fully saturated rings. The molecule has 0 N–H and O–H groups in total. The maximum absolute atomic E-state index is 12.1. The number of nitrogens with zero attached hydrogens (tertiary/aromatic N) is 1. The number of benzene rings is 1. The minimum atomic E-state index is 0.263. The van der Waals surface area contributed by atoms with E-state index < -0.39 is 0 Å². The Morgan fingerprint density at radius 2 is 2.07 bits per heavy atom. The van der Waals surface area contributed by atoms with Gasteiger partial charge in [0.1, 0.15) is 0 Å². The van der Waals surface area contributed by atoms with E-state index in [2.05, 4.69) is 18.0 Å². The fourth-order valence-electron chi connectivity index (χ4n) is 2.99. The van der Waals surface area contributed by atoms with E-state index >= 15 is 0 Å². The number of piperidine rings is 1. The Morgan fingerprint density at radius 3 is 2.93 bits per heavy atom. The molecular formula is C13H15NO. The van der Waals surface area contributed by atoms with Crippen LogP contribution in [0.5, 0.6) is 0 Å². The SMILES string of the molecule is CN1CC[C@@H]2C(=O)c3ccccc3[C@H]2C1. The van der Waals surface area contributed by atoms with Gasteiger partial charge in [-0.15, -0.1) is 0 Å². The van der Waals surface area contributed by atoms with Gasteiger partial charge in [0, 0.05) is 23.9 Å². The molecule has 0 bridgehead atoms. The predicted molar refractivity (Wildman–Crippen MR) is 59.1 cm³/mol. The lowest BCUT2D eigenvalue weighted by molar-refractivity contribution is 0.0861. The van der Waals surface area contributed by atoms with E-state index in [0.29, 0.717) is 11.7 Å². The van der Waals surface area contributed by atoms with Crippen LogP contribution in [0.3, 0.4) is 0 Å². The lowest BCUT2D eigenvalue weighted by Gasteiger charge is -2.31. The summed E-state index contributed by atoms with van der Waals surface area (Å²) < 4.78 is 0. The molecule has 2 atom stereocenters. The van der Waals surface area contributed by atoms with E-state index in [1.807, 2.05) is 18.2 Å². The highest BCUT2D eigenvalue weighted by Gasteiger charge is 2.41. The van der Waals surface area contributed by atoms with Gasteiger partial charge in [-0.2, -0.15) is 0 Å². The van der Waals surface area contributed by atoms with Crippen LogP contribution >= 0.6 is 0 Å². The number of fused-ring (bicyclic) bond motifs is 3. The fourth-order valence-corrected chi connectivity index (χ4v) is 2.99. The largest absolute Gasteiger partial charge is 0.306 e. The highest BCUT2D eigenvalue weighted by Crippen LogP contribution is 2.42. The van der Waals surface area contributed by atoms with Gasteiger partial charge in [0.2, 0.25) is 0 Å². The molecule has 2 nitrogen and oxygen atoms in total. The smallest absolute Gasteiger partial charge is 0.166 e. The summed E-state index contributed by atoms with van der Waals surface area (Å²) in [6, 6.07) is 8.12. The monoisotopic (exact) mass is 201 g/mol. The molecular weight excluding hydrogens is 186 g/mol. The number of likely N-dealkylation sites (tertiary alicyclic amines) is 1. The van der Waals surface area contributed by atoms with Gasteiger partial charge in [0.05, 0.1) is 0 Å². The van der Waals surface area contributed by atoms with Crippen molar-refractivity contribution < 1.29 is 4.79 Å². The third-order valence-electron chi connectivity index (χ3n) is 3.78. The van der Waals surface area contributed by atoms with E-state index in [0.717, 1.165) is 25.1 Å². The van der Waals surface area contributed by atoms with E-state index in [4.69, 9.17) is 0 Å². The summed E-state index contributed by atoms with van der Waals surface area (Å²) in [6.07, 6.45) is 1.02. The average Bonchev–Trinajstić information content (AvgIpc) is 2.54. The van der Waals surface area contributed by atoms with E-state index in [1.54, 1.807) is 0 Å². The van der Waals surface area contributed by atoms with Crippen molar-refractivity contribution in [3.63, 3.8) is 0 Å². The molecule has 1 aliphatic carbocycles. The molecule has 0 radical (unpaired) electrons. The fraction of sp³-hybridized carbons (Fsp3) is 0.462. The first-order valence-corrected chi connectivity index (χ1v) is 5.59.